The van der Waals surface area contributed by atoms with Crippen LogP contribution in [0, 0.1) is 11.8 Å². The third kappa shape index (κ3) is 3.33. The van der Waals surface area contributed by atoms with E-state index in [1.165, 1.54) is 0 Å². The Kier molecular flexibility index (Phi) is 4.74. The Morgan fingerprint density at radius 1 is 1.41 bits per heavy atom. The van der Waals surface area contributed by atoms with Crippen molar-refractivity contribution in [2.45, 2.75) is 19.9 Å². The van der Waals surface area contributed by atoms with Crippen molar-refractivity contribution in [1.82, 2.24) is 4.90 Å². The van der Waals surface area contributed by atoms with Gasteiger partial charge in [0.05, 0.1) is 12.1 Å². The smallest absolute Gasteiger partial charge is 0.255 e. The van der Waals surface area contributed by atoms with Crippen LogP contribution >= 0.6 is 0 Å². The Hall–Kier alpha value is -1.79. The molecule has 0 unspecified atom stereocenters. The van der Waals surface area contributed by atoms with Crippen LogP contribution in [-0.2, 0) is 0 Å². The molecule has 0 heterocycles. The van der Waals surface area contributed by atoms with Crippen LogP contribution in [0.4, 0.5) is 0 Å². The molecule has 0 aliphatic rings. The van der Waals surface area contributed by atoms with Crippen molar-refractivity contribution in [2.24, 2.45) is 5.73 Å². The predicted octanol–water partition coefficient (Wildman–Crippen LogP) is 1.48. The minimum absolute atomic E-state index is 0.0121. The second-order valence-electron chi connectivity index (χ2n) is 4.06. The van der Waals surface area contributed by atoms with Gasteiger partial charge in [-0.05, 0) is 26.0 Å². The van der Waals surface area contributed by atoms with Gasteiger partial charge in [0.2, 0.25) is 0 Å². The number of benzene rings is 1. The summed E-state index contributed by atoms with van der Waals surface area (Å²) in [6, 6.07) is 7.51. The van der Waals surface area contributed by atoms with Gasteiger partial charge in [0.15, 0.2) is 0 Å². The normalized spacial score (nSPS) is 9.71. The molecule has 1 amide bonds. The third-order valence-electron chi connectivity index (χ3n) is 2.58. The summed E-state index contributed by atoms with van der Waals surface area (Å²) in [6.07, 6.45) is 0. The van der Waals surface area contributed by atoms with Crippen molar-refractivity contribution in [1.29, 1.82) is 0 Å². The van der Waals surface area contributed by atoms with Crippen LogP contribution in [0.2, 0.25) is 0 Å². The number of hydrogen-bond donors (Lipinski definition) is 1. The maximum Gasteiger partial charge on any atom is 0.255 e. The molecule has 0 radical (unpaired) electrons. The fraction of sp³-hybridized carbons (Fsp3) is 0.357. The van der Waals surface area contributed by atoms with Gasteiger partial charge in [-0.1, -0.05) is 24.0 Å². The second kappa shape index (κ2) is 6.07. The van der Waals surface area contributed by atoms with Crippen molar-refractivity contribution in [3.63, 3.8) is 0 Å². The quantitative estimate of drug-likeness (QED) is 0.782. The van der Waals surface area contributed by atoms with Crippen molar-refractivity contribution in [3.8, 4) is 11.8 Å². The Balaban J connectivity index is 3.09. The van der Waals surface area contributed by atoms with Gasteiger partial charge >= 0.3 is 0 Å². The van der Waals surface area contributed by atoms with Crippen molar-refractivity contribution >= 4 is 5.91 Å². The van der Waals surface area contributed by atoms with Crippen LogP contribution in [0.25, 0.3) is 0 Å². The van der Waals surface area contributed by atoms with Crippen LogP contribution in [0.15, 0.2) is 24.3 Å². The second-order valence-corrected chi connectivity index (χ2v) is 4.06. The molecule has 0 saturated heterocycles. The van der Waals surface area contributed by atoms with E-state index in [4.69, 9.17) is 5.73 Å². The maximum atomic E-state index is 12.2. The SMILES string of the molecule is CC(C)N(C)C(=O)c1ccccc1C#CCN. The van der Waals surface area contributed by atoms with E-state index in [2.05, 4.69) is 11.8 Å². The van der Waals surface area contributed by atoms with Gasteiger partial charge in [0.1, 0.15) is 0 Å². The molecule has 90 valence electrons. The highest BCUT2D eigenvalue weighted by molar-refractivity contribution is 5.96. The average Bonchev–Trinajstić information content (AvgIpc) is 2.34. The Morgan fingerprint density at radius 2 is 2.06 bits per heavy atom. The van der Waals surface area contributed by atoms with Gasteiger partial charge in [-0.3, -0.25) is 4.79 Å². The predicted molar refractivity (Wildman–Crippen MR) is 69.6 cm³/mol. The Morgan fingerprint density at radius 3 is 2.65 bits per heavy atom. The Labute approximate surface area is 103 Å². The first-order valence-corrected chi connectivity index (χ1v) is 5.63. The first-order valence-electron chi connectivity index (χ1n) is 5.63. The van der Waals surface area contributed by atoms with E-state index in [-0.39, 0.29) is 11.9 Å². The van der Waals surface area contributed by atoms with Gasteiger partial charge < -0.3 is 10.6 Å². The number of nitrogens with zero attached hydrogens (tertiary/aromatic N) is 1. The standard InChI is InChI=1S/C14H18N2O/c1-11(2)16(3)14(17)13-9-5-4-7-12(13)8-6-10-15/h4-5,7,9,11H,10,15H2,1-3H3. The summed E-state index contributed by atoms with van der Waals surface area (Å²) in [7, 11) is 1.79. The lowest BCUT2D eigenvalue weighted by atomic mass is 10.1. The number of nitrogens with two attached hydrogens (primary N) is 1. The van der Waals surface area contributed by atoms with E-state index in [9.17, 15) is 4.79 Å². The van der Waals surface area contributed by atoms with Gasteiger partial charge in [-0.2, -0.15) is 0 Å². The van der Waals surface area contributed by atoms with E-state index >= 15 is 0 Å². The molecule has 3 nitrogen and oxygen atoms in total. The molecule has 1 aromatic rings. The molecule has 0 aliphatic carbocycles. The number of rotatable bonds is 2. The van der Waals surface area contributed by atoms with E-state index in [0.717, 1.165) is 5.56 Å². The highest BCUT2D eigenvalue weighted by atomic mass is 16.2. The van der Waals surface area contributed by atoms with Gasteiger partial charge in [-0.15, -0.1) is 0 Å². The molecule has 2 N–H and O–H groups in total. The first kappa shape index (κ1) is 13.3. The minimum atomic E-state index is -0.0121. The van der Waals surface area contributed by atoms with Crippen LogP contribution in [0.1, 0.15) is 29.8 Å². The molecule has 17 heavy (non-hydrogen) atoms. The monoisotopic (exact) mass is 230 g/mol. The zero-order valence-electron chi connectivity index (χ0n) is 10.5. The van der Waals surface area contributed by atoms with E-state index in [1.807, 2.05) is 32.0 Å². The molecule has 0 fully saturated rings. The van der Waals surface area contributed by atoms with Gasteiger partial charge in [0, 0.05) is 18.7 Å². The number of carbonyl (C=O) groups is 1. The number of hydrogen-bond acceptors (Lipinski definition) is 2. The zero-order valence-corrected chi connectivity index (χ0v) is 10.5. The molecule has 0 atom stereocenters. The zero-order chi connectivity index (χ0) is 12.8. The van der Waals surface area contributed by atoms with Crippen LogP contribution in [0.5, 0.6) is 0 Å². The fourth-order valence-electron chi connectivity index (χ4n) is 1.35. The van der Waals surface area contributed by atoms with Crippen LogP contribution in [-0.4, -0.2) is 30.4 Å². The molecule has 1 rings (SSSR count). The highest BCUT2D eigenvalue weighted by Gasteiger charge is 2.16. The molecule has 3 heteroatoms. The van der Waals surface area contributed by atoms with E-state index in [0.29, 0.717) is 12.1 Å². The van der Waals surface area contributed by atoms with Gasteiger partial charge in [-0.25, -0.2) is 0 Å². The average molecular weight is 230 g/mol. The molecular weight excluding hydrogens is 212 g/mol. The van der Waals surface area contributed by atoms with Crippen molar-refractivity contribution < 1.29 is 4.79 Å². The molecule has 0 aliphatic heterocycles. The summed E-state index contributed by atoms with van der Waals surface area (Å²) in [4.78, 5) is 13.9. The lowest BCUT2D eigenvalue weighted by molar-refractivity contribution is 0.0754. The summed E-state index contributed by atoms with van der Waals surface area (Å²) >= 11 is 0. The number of carbonyl (C=O) groups excluding carboxylic acids is 1. The van der Waals surface area contributed by atoms with Gasteiger partial charge in [0.25, 0.3) is 5.91 Å². The summed E-state index contributed by atoms with van der Waals surface area (Å²) < 4.78 is 0. The molecule has 1 aromatic carbocycles. The highest BCUT2D eigenvalue weighted by Crippen LogP contribution is 2.11. The molecule has 0 spiro atoms. The summed E-state index contributed by atoms with van der Waals surface area (Å²) in [5.74, 6) is 5.69. The lowest BCUT2D eigenvalue weighted by Crippen LogP contribution is -2.33. The summed E-state index contributed by atoms with van der Waals surface area (Å²) in [6.45, 7) is 4.25. The lowest BCUT2D eigenvalue weighted by Gasteiger charge is -2.22. The van der Waals surface area contributed by atoms with Crippen LogP contribution < -0.4 is 5.73 Å². The fourth-order valence-corrected chi connectivity index (χ4v) is 1.35. The molecule has 0 aromatic heterocycles. The third-order valence-corrected chi connectivity index (χ3v) is 2.58. The Bertz CT molecular complexity index is 455. The van der Waals surface area contributed by atoms with Crippen molar-refractivity contribution in [3.05, 3.63) is 35.4 Å². The molecular formula is C14H18N2O. The molecule has 0 bridgehead atoms. The maximum absolute atomic E-state index is 12.2. The minimum Gasteiger partial charge on any atom is -0.339 e. The first-order chi connectivity index (χ1) is 8.07. The van der Waals surface area contributed by atoms with E-state index < -0.39 is 0 Å². The molecule has 0 saturated carbocycles. The largest absolute Gasteiger partial charge is 0.339 e. The summed E-state index contributed by atoms with van der Waals surface area (Å²) in [5.41, 5.74) is 6.70. The summed E-state index contributed by atoms with van der Waals surface area (Å²) in [5, 5.41) is 0. The van der Waals surface area contributed by atoms with Crippen LogP contribution in [0.3, 0.4) is 0 Å². The van der Waals surface area contributed by atoms with Crippen molar-refractivity contribution in [2.75, 3.05) is 13.6 Å². The number of amides is 1. The topological polar surface area (TPSA) is 46.3 Å². The van der Waals surface area contributed by atoms with E-state index in [1.54, 1.807) is 18.0 Å².